The summed E-state index contributed by atoms with van der Waals surface area (Å²) < 4.78 is 1.86. The molecule has 1 amide bonds. The Morgan fingerprint density at radius 1 is 1.20 bits per heavy atom. The standard InChI is InChI=1S/C24H24Cl2N8O/c25-11-20(35)33-9-3-5-17(13-33)34-24-21(23(27)30-14-31-24)22(32-34)15-6-7-19(18(26)10-15)29-12-16-4-1-2-8-28-16/h1-2,4,6-8,10,14,17,29H,3,5,9,11-13H2,(H2,27,30,31). The van der Waals surface area contributed by atoms with Crippen LogP contribution < -0.4 is 11.1 Å². The van der Waals surface area contributed by atoms with Crippen LogP contribution in [0.4, 0.5) is 11.5 Å². The summed E-state index contributed by atoms with van der Waals surface area (Å²) in [6.07, 6.45) is 4.91. The number of halogens is 2. The molecule has 0 aliphatic carbocycles. The number of pyridine rings is 1. The number of likely N-dealkylation sites (tertiary alicyclic amines) is 1. The smallest absolute Gasteiger partial charge is 0.237 e. The van der Waals surface area contributed by atoms with E-state index in [0.717, 1.165) is 29.8 Å². The van der Waals surface area contributed by atoms with E-state index in [2.05, 4.69) is 20.3 Å². The number of nitrogens with two attached hydrogens (primary N) is 1. The molecule has 5 rings (SSSR count). The average molecular weight is 511 g/mol. The number of aromatic nitrogens is 5. The number of alkyl halides is 1. The summed E-state index contributed by atoms with van der Waals surface area (Å²) in [6.45, 7) is 1.76. The number of carbonyl (C=O) groups excluding carboxylic acids is 1. The normalized spacial score (nSPS) is 15.9. The van der Waals surface area contributed by atoms with E-state index < -0.39 is 0 Å². The number of hydrogen-bond donors (Lipinski definition) is 2. The van der Waals surface area contributed by atoms with Crippen molar-refractivity contribution in [2.45, 2.75) is 25.4 Å². The van der Waals surface area contributed by atoms with Gasteiger partial charge in [0.25, 0.3) is 0 Å². The second-order valence-electron chi connectivity index (χ2n) is 8.39. The third kappa shape index (κ3) is 4.74. The molecule has 1 aliphatic rings. The van der Waals surface area contributed by atoms with Crippen LogP contribution in [-0.4, -0.2) is 54.5 Å². The van der Waals surface area contributed by atoms with Crippen LogP contribution in [0.1, 0.15) is 24.6 Å². The van der Waals surface area contributed by atoms with Crippen molar-refractivity contribution in [3.8, 4) is 11.3 Å². The zero-order valence-corrected chi connectivity index (χ0v) is 20.4. The summed E-state index contributed by atoms with van der Waals surface area (Å²) in [5, 5.41) is 9.43. The lowest BCUT2D eigenvalue weighted by molar-refractivity contribution is -0.130. The van der Waals surface area contributed by atoms with Crippen molar-refractivity contribution in [3.63, 3.8) is 0 Å². The van der Waals surface area contributed by atoms with Gasteiger partial charge in [0.15, 0.2) is 5.65 Å². The number of fused-ring (bicyclic) bond motifs is 1. The number of rotatable bonds is 6. The molecule has 35 heavy (non-hydrogen) atoms. The van der Waals surface area contributed by atoms with Gasteiger partial charge in [0.05, 0.1) is 34.4 Å². The number of nitrogens with zero attached hydrogens (tertiary/aromatic N) is 6. The summed E-state index contributed by atoms with van der Waals surface area (Å²) in [7, 11) is 0. The lowest BCUT2D eigenvalue weighted by atomic mass is 10.1. The van der Waals surface area contributed by atoms with Gasteiger partial charge >= 0.3 is 0 Å². The first kappa shape index (κ1) is 23.3. The summed E-state index contributed by atoms with van der Waals surface area (Å²) in [6, 6.07) is 11.4. The maximum Gasteiger partial charge on any atom is 0.237 e. The maximum atomic E-state index is 12.2. The first-order chi connectivity index (χ1) is 17.0. The number of carbonyl (C=O) groups is 1. The zero-order chi connectivity index (χ0) is 24.4. The molecule has 1 saturated heterocycles. The van der Waals surface area contributed by atoms with E-state index >= 15 is 0 Å². The summed E-state index contributed by atoms with van der Waals surface area (Å²) in [4.78, 5) is 27.0. The number of hydrogen-bond acceptors (Lipinski definition) is 7. The molecule has 3 N–H and O–H groups in total. The lowest BCUT2D eigenvalue weighted by Crippen LogP contribution is -2.41. The van der Waals surface area contributed by atoms with Gasteiger partial charge in [-0.3, -0.25) is 9.78 Å². The van der Waals surface area contributed by atoms with Gasteiger partial charge in [-0.15, -0.1) is 11.6 Å². The Hall–Kier alpha value is -3.43. The molecule has 3 aromatic heterocycles. The van der Waals surface area contributed by atoms with Gasteiger partial charge in [-0.05, 0) is 37.1 Å². The Morgan fingerprint density at radius 3 is 2.86 bits per heavy atom. The minimum absolute atomic E-state index is 0.0356. The molecule has 1 fully saturated rings. The zero-order valence-electron chi connectivity index (χ0n) is 18.9. The molecule has 0 bridgehead atoms. The molecule has 11 heteroatoms. The van der Waals surface area contributed by atoms with Crippen molar-refractivity contribution < 1.29 is 4.79 Å². The minimum atomic E-state index is -0.0808. The highest BCUT2D eigenvalue weighted by Crippen LogP contribution is 2.36. The molecule has 180 valence electrons. The highest BCUT2D eigenvalue weighted by atomic mass is 35.5. The van der Waals surface area contributed by atoms with Gasteiger partial charge < -0.3 is 16.0 Å². The van der Waals surface area contributed by atoms with Crippen molar-refractivity contribution in [1.82, 2.24) is 29.6 Å². The molecule has 0 radical (unpaired) electrons. The second kappa shape index (κ2) is 10.1. The Morgan fingerprint density at radius 2 is 2.09 bits per heavy atom. The highest BCUT2D eigenvalue weighted by Gasteiger charge is 2.28. The van der Waals surface area contributed by atoms with Crippen LogP contribution in [0, 0.1) is 0 Å². The van der Waals surface area contributed by atoms with Gasteiger partial charge in [-0.25, -0.2) is 14.6 Å². The van der Waals surface area contributed by atoms with Crippen LogP contribution in [0.3, 0.4) is 0 Å². The fraction of sp³-hybridized carbons (Fsp3) is 0.292. The molecular weight excluding hydrogens is 487 g/mol. The Balaban J connectivity index is 1.48. The van der Waals surface area contributed by atoms with Gasteiger partial charge in [0.1, 0.15) is 23.7 Å². The van der Waals surface area contributed by atoms with Crippen LogP contribution in [0.25, 0.3) is 22.3 Å². The number of amides is 1. The Kier molecular flexibility index (Phi) is 6.70. The largest absolute Gasteiger partial charge is 0.383 e. The van der Waals surface area contributed by atoms with Crippen molar-refractivity contribution in [2.24, 2.45) is 0 Å². The summed E-state index contributed by atoms with van der Waals surface area (Å²) in [5.41, 5.74) is 10.1. The van der Waals surface area contributed by atoms with Crippen molar-refractivity contribution in [2.75, 3.05) is 30.0 Å². The fourth-order valence-corrected chi connectivity index (χ4v) is 4.83. The molecular formula is C24H24Cl2N8O. The molecule has 1 atom stereocenters. The average Bonchev–Trinajstić information content (AvgIpc) is 3.29. The van der Waals surface area contributed by atoms with Crippen LogP contribution in [0.5, 0.6) is 0 Å². The number of nitrogen functional groups attached to an aromatic ring is 1. The SMILES string of the molecule is Nc1ncnc2c1c(-c1ccc(NCc3ccccn3)c(Cl)c1)nn2C1CCCN(C(=O)CCl)C1. The van der Waals surface area contributed by atoms with E-state index in [1.54, 1.807) is 11.1 Å². The van der Waals surface area contributed by atoms with Gasteiger partial charge in [-0.1, -0.05) is 23.7 Å². The number of nitrogens with one attached hydrogen (secondary N) is 1. The molecule has 4 aromatic rings. The maximum absolute atomic E-state index is 12.2. The van der Waals surface area contributed by atoms with Crippen molar-refractivity contribution >= 4 is 51.6 Å². The predicted molar refractivity (Wildman–Crippen MR) is 137 cm³/mol. The molecule has 4 heterocycles. The van der Waals surface area contributed by atoms with Gasteiger partial charge in [-0.2, -0.15) is 5.10 Å². The highest BCUT2D eigenvalue weighted by molar-refractivity contribution is 6.33. The topological polar surface area (TPSA) is 115 Å². The first-order valence-electron chi connectivity index (χ1n) is 11.3. The molecule has 1 unspecified atom stereocenters. The van der Waals surface area contributed by atoms with Crippen molar-refractivity contribution in [1.29, 1.82) is 0 Å². The monoisotopic (exact) mass is 510 g/mol. The van der Waals surface area contributed by atoms with E-state index in [4.69, 9.17) is 34.0 Å². The third-order valence-corrected chi connectivity index (χ3v) is 6.70. The Labute approximate surface area is 212 Å². The van der Waals surface area contributed by atoms with Crippen LogP contribution in [0.15, 0.2) is 48.9 Å². The molecule has 0 spiro atoms. The minimum Gasteiger partial charge on any atom is -0.383 e. The van der Waals surface area contributed by atoms with Crippen LogP contribution in [-0.2, 0) is 11.3 Å². The molecule has 0 saturated carbocycles. The molecule has 1 aromatic carbocycles. The Bertz CT molecular complexity index is 1360. The van der Waals surface area contributed by atoms with Crippen LogP contribution >= 0.6 is 23.2 Å². The van der Waals surface area contributed by atoms with Gasteiger partial charge in [0.2, 0.25) is 5.91 Å². The van der Waals surface area contributed by atoms with Crippen molar-refractivity contribution in [3.05, 3.63) is 59.6 Å². The van der Waals surface area contributed by atoms with E-state index in [9.17, 15) is 4.79 Å². The fourth-order valence-electron chi connectivity index (χ4n) is 4.41. The van der Waals surface area contributed by atoms with E-state index in [0.29, 0.717) is 47.2 Å². The number of anilines is 2. The lowest BCUT2D eigenvalue weighted by Gasteiger charge is -2.32. The predicted octanol–water partition coefficient (Wildman–Crippen LogP) is 4.14. The molecule has 1 aliphatic heterocycles. The van der Waals surface area contributed by atoms with E-state index in [1.807, 2.05) is 41.1 Å². The molecule has 9 nitrogen and oxygen atoms in total. The second-order valence-corrected chi connectivity index (χ2v) is 9.06. The first-order valence-corrected chi connectivity index (χ1v) is 12.2. The number of piperidine rings is 1. The quantitative estimate of drug-likeness (QED) is 0.374. The van der Waals surface area contributed by atoms with E-state index in [-0.39, 0.29) is 17.8 Å². The summed E-state index contributed by atoms with van der Waals surface area (Å²) >= 11 is 12.4. The van der Waals surface area contributed by atoms with E-state index in [1.165, 1.54) is 6.33 Å². The summed E-state index contributed by atoms with van der Waals surface area (Å²) in [5.74, 6) is 0.226. The van der Waals surface area contributed by atoms with Gasteiger partial charge in [0, 0.05) is 24.8 Å². The number of benzene rings is 1. The third-order valence-electron chi connectivity index (χ3n) is 6.16. The van der Waals surface area contributed by atoms with Crippen LogP contribution in [0.2, 0.25) is 5.02 Å².